The predicted octanol–water partition coefficient (Wildman–Crippen LogP) is 1.91. The van der Waals surface area contributed by atoms with Crippen molar-refractivity contribution in [2.75, 3.05) is 13.2 Å². The maximum absolute atomic E-state index is 9.96. The van der Waals surface area contributed by atoms with Crippen molar-refractivity contribution in [3.05, 3.63) is 23.7 Å². The third-order valence-electron chi connectivity index (χ3n) is 2.73. The molecule has 0 bridgehead atoms. The fourth-order valence-corrected chi connectivity index (χ4v) is 1.78. The summed E-state index contributed by atoms with van der Waals surface area (Å²) in [5.41, 5.74) is 0. The van der Waals surface area contributed by atoms with Crippen LogP contribution in [0, 0.1) is 5.92 Å². The monoisotopic (exact) mass is 196 g/mol. The minimum Gasteiger partial charge on any atom is -0.463 e. The molecule has 78 valence electrons. The highest BCUT2D eigenvalue weighted by Gasteiger charge is 2.27. The molecule has 0 amide bonds. The lowest BCUT2D eigenvalue weighted by molar-refractivity contribution is 0.0730. The van der Waals surface area contributed by atoms with Crippen molar-refractivity contribution in [3.8, 4) is 0 Å². The lowest BCUT2D eigenvalue weighted by atomic mass is 10.0. The van der Waals surface area contributed by atoms with Crippen LogP contribution in [0.5, 0.6) is 0 Å². The van der Waals surface area contributed by atoms with Crippen molar-refractivity contribution in [2.45, 2.75) is 25.9 Å². The van der Waals surface area contributed by atoms with E-state index in [1.165, 1.54) is 0 Å². The molecule has 3 heteroatoms. The largest absolute Gasteiger partial charge is 0.463 e. The maximum Gasteiger partial charge on any atom is 0.133 e. The molecular weight excluding hydrogens is 180 g/mol. The molecule has 0 spiro atoms. The molecule has 1 aromatic heterocycles. The molecule has 0 saturated carbocycles. The second-order valence-electron chi connectivity index (χ2n) is 3.73. The Morgan fingerprint density at radius 2 is 2.43 bits per heavy atom. The minimum absolute atomic E-state index is 0.200. The summed E-state index contributed by atoms with van der Waals surface area (Å²) in [6, 6.07) is 3.79. The lowest BCUT2D eigenvalue weighted by Gasteiger charge is -2.13. The second-order valence-corrected chi connectivity index (χ2v) is 3.73. The maximum atomic E-state index is 9.96. The standard InChI is InChI=1S/C11H16O3/c1-2-9-3-4-10(14-9)11(12)8-5-6-13-7-8/h3-4,8,11-12H,2,5-7H2,1H3. The number of rotatable bonds is 3. The van der Waals surface area contributed by atoms with Crippen LogP contribution in [-0.4, -0.2) is 18.3 Å². The van der Waals surface area contributed by atoms with Crippen molar-refractivity contribution in [1.29, 1.82) is 0 Å². The van der Waals surface area contributed by atoms with Crippen LogP contribution in [-0.2, 0) is 11.2 Å². The smallest absolute Gasteiger partial charge is 0.133 e. The number of aryl methyl sites for hydroxylation is 1. The van der Waals surface area contributed by atoms with Crippen LogP contribution in [0.3, 0.4) is 0 Å². The van der Waals surface area contributed by atoms with E-state index < -0.39 is 6.10 Å². The van der Waals surface area contributed by atoms with E-state index in [1.54, 1.807) is 0 Å². The van der Waals surface area contributed by atoms with Crippen molar-refractivity contribution < 1.29 is 14.3 Å². The molecule has 2 heterocycles. The number of aliphatic hydroxyl groups excluding tert-OH is 1. The van der Waals surface area contributed by atoms with E-state index in [4.69, 9.17) is 9.15 Å². The first-order valence-electron chi connectivity index (χ1n) is 5.15. The minimum atomic E-state index is -0.502. The van der Waals surface area contributed by atoms with E-state index in [0.29, 0.717) is 12.4 Å². The summed E-state index contributed by atoms with van der Waals surface area (Å²) >= 11 is 0. The third kappa shape index (κ3) is 1.83. The fraction of sp³-hybridized carbons (Fsp3) is 0.636. The van der Waals surface area contributed by atoms with E-state index in [0.717, 1.165) is 25.2 Å². The molecule has 2 atom stereocenters. The van der Waals surface area contributed by atoms with E-state index >= 15 is 0 Å². The van der Waals surface area contributed by atoms with E-state index in [2.05, 4.69) is 0 Å². The second kappa shape index (κ2) is 4.15. The molecular formula is C11H16O3. The van der Waals surface area contributed by atoms with Gasteiger partial charge < -0.3 is 14.3 Å². The summed E-state index contributed by atoms with van der Waals surface area (Å²) in [6.45, 7) is 3.43. The number of hydrogen-bond donors (Lipinski definition) is 1. The Hall–Kier alpha value is -0.800. The molecule has 1 fully saturated rings. The Balaban J connectivity index is 2.05. The van der Waals surface area contributed by atoms with Gasteiger partial charge >= 0.3 is 0 Å². The van der Waals surface area contributed by atoms with Crippen molar-refractivity contribution in [3.63, 3.8) is 0 Å². The molecule has 0 aliphatic carbocycles. The first-order chi connectivity index (χ1) is 6.81. The average molecular weight is 196 g/mol. The summed E-state index contributed by atoms with van der Waals surface area (Å²) in [5, 5.41) is 9.96. The molecule has 14 heavy (non-hydrogen) atoms. The molecule has 3 nitrogen and oxygen atoms in total. The van der Waals surface area contributed by atoms with Crippen LogP contribution in [0.2, 0.25) is 0 Å². The van der Waals surface area contributed by atoms with Gasteiger partial charge in [0.05, 0.1) is 6.61 Å². The summed E-state index contributed by atoms with van der Waals surface area (Å²) < 4.78 is 10.7. The van der Waals surface area contributed by atoms with Gasteiger partial charge in [0.2, 0.25) is 0 Å². The Morgan fingerprint density at radius 1 is 1.57 bits per heavy atom. The molecule has 1 aromatic rings. The highest BCUT2D eigenvalue weighted by Crippen LogP contribution is 2.29. The van der Waals surface area contributed by atoms with Crippen molar-refractivity contribution in [1.82, 2.24) is 0 Å². The Kier molecular flexibility index (Phi) is 2.89. The van der Waals surface area contributed by atoms with Crippen LogP contribution in [0.1, 0.15) is 31.0 Å². The average Bonchev–Trinajstić information content (AvgIpc) is 2.88. The molecule has 0 aromatic carbocycles. The zero-order valence-electron chi connectivity index (χ0n) is 8.40. The molecule has 1 aliphatic heterocycles. The van der Waals surface area contributed by atoms with Crippen LogP contribution < -0.4 is 0 Å². The van der Waals surface area contributed by atoms with E-state index in [-0.39, 0.29) is 5.92 Å². The van der Waals surface area contributed by atoms with Gasteiger partial charge in [0, 0.05) is 18.9 Å². The quantitative estimate of drug-likeness (QED) is 0.803. The Labute approximate surface area is 83.7 Å². The van der Waals surface area contributed by atoms with Crippen molar-refractivity contribution in [2.24, 2.45) is 5.92 Å². The van der Waals surface area contributed by atoms with E-state index in [1.807, 2.05) is 19.1 Å². The van der Waals surface area contributed by atoms with Crippen LogP contribution in [0.4, 0.5) is 0 Å². The highest BCUT2D eigenvalue weighted by atomic mass is 16.5. The molecule has 2 unspecified atom stereocenters. The zero-order valence-corrected chi connectivity index (χ0v) is 8.40. The van der Waals surface area contributed by atoms with Gasteiger partial charge in [-0.2, -0.15) is 0 Å². The predicted molar refractivity (Wildman–Crippen MR) is 52.0 cm³/mol. The highest BCUT2D eigenvalue weighted by molar-refractivity contribution is 5.10. The van der Waals surface area contributed by atoms with Crippen LogP contribution in [0.25, 0.3) is 0 Å². The molecule has 0 radical (unpaired) electrons. The normalized spacial score (nSPS) is 24.0. The van der Waals surface area contributed by atoms with Gasteiger partial charge in [0.1, 0.15) is 17.6 Å². The zero-order chi connectivity index (χ0) is 9.97. The number of hydrogen-bond acceptors (Lipinski definition) is 3. The van der Waals surface area contributed by atoms with Gasteiger partial charge in [-0.1, -0.05) is 6.92 Å². The van der Waals surface area contributed by atoms with Gasteiger partial charge in [0.25, 0.3) is 0 Å². The van der Waals surface area contributed by atoms with Gasteiger partial charge in [-0.25, -0.2) is 0 Å². The molecule has 1 aliphatic rings. The van der Waals surface area contributed by atoms with E-state index in [9.17, 15) is 5.11 Å². The first-order valence-corrected chi connectivity index (χ1v) is 5.15. The lowest BCUT2D eigenvalue weighted by Crippen LogP contribution is -2.11. The fourth-order valence-electron chi connectivity index (χ4n) is 1.78. The number of aliphatic hydroxyl groups is 1. The summed E-state index contributed by atoms with van der Waals surface area (Å²) in [4.78, 5) is 0. The first kappa shape index (κ1) is 9.74. The SMILES string of the molecule is CCc1ccc(C(O)C2CCOC2)o1. The molecule has 2 rings (SSSR count). The van der Waals surface area contributed by atoms with Crippen LogP contribution in [0.15, 0.2) is 16.5 Å². The molecule has 1 N–H and O–H groups in total. The number of ether oxygens (including phenoxy) is 1. The number of furan rings is 1. The van der Waals surface area contributed by atoms with Crippen LogP contribution >= 0.6 is 0 Å². The topological polar surface area (TPSA) is 42.6 Å². The van der Waals surface area contributed by atoms with Gasteiger partial charge in [-0.3, -0.25) is 0 Å². The summed E-state index contributed by atoms with van der Waals surface area (Å²) in [7, 11) is 0. The summed E-state index contributed by atoms with van der Waals surface area (Å²) in [5.74, 6) is 1.81. The Bertz CT molecular complexity index is 286. The van der Waals surface area contributed by atoms with Gasteiger partial charge in [-0.15, -0.1) is 0 Å². The molecule has 1 saturated heterocycles. The summed E-state index contributed by atoms with van der Waals surface area (Å²) in [6.07, 6.45) is 1.29. The van der Waals surface area contributed by atoms with Crippen molar-refractivity contribution >= 4 is 0 Å². The van der Waals surface area contributed by atoms with Gasteiger partial charge in [-0.05, 0) is 18.6 Å². The van der Waals surface area contributed by atoms with Gasteiger partial charge in [0.15, 0.2) is 0 Å². The third-order valence-corrected chi connectivity index (χ3v) is 2.73. The Morgan fingerprint density at radius 3 is 3.00 bits per heavy atom.